The van der Waals surface area contributed by atoms with Crippen molar-refractivity contribution in [2.24, 2.45) is 0 Å². The number of imide groups is 1. The minimum Gasteiger partial charge on any atom is -0.493 e. The van der Waals surface area contributed by atoms with Crippen LogP contribution in [0.3, 0.4) is 0 Å². The van der Waals surface area contributed by atoms with Crippen molar-refractivity contribution in [2.45, 2.75) is 13.5 Å². The lowest BCUT2D eigenvalue weighted by atomic mass is 10.1. The summed E-state index contributed by atoms with van der Waals surface area (Å²) in [4.78, 5) is 37.5. The average molecular weight is 531 g/mol. The van der Waals surface area contributed by atoms with Gasteiger partial charge < -0.3 is 14.2 Å². The van der Waals surface area contributed by atoms with Crippen LogP contribution in [0.2, 0.25) is 0 Å². The van der Waals surface area contributed by atoms with Crippen LogP contribution >= 0.6 is 27.7 Å². The van der Waals surface area contributed by atoms with Gasteiger partial charge in [-0.3, -0.25) is 19.3 Å². The Hall–Kier alpha value is -3.29. The van der Waals surface area contributed by atoms with Gasteiger partial charge in [-0.2, -0.15) is 5.26 Å². The number of hydrogen-bond acceptors (Lipinski definition) is 8. The molecule has 0 saturated carbocycles. The summed E-state index contributed by atoms with van der Waals surface area (Å²) in [5.41, 5.74) is 1.83. The van der Waals surface area contributed by atoms with E-state index in [1.807, 2.05) is 6.07 Å². The second-order valence-corrected chi connectivity index (χ2v) is 8.51. The molecule has 1 aliphatic rings. The number of esters is 1. The zero-order chi connectivity index (χ0) is 24.0. The lowest BCUT2D eigenvalue weighted by molar-refractivity contribution is -0.145. The summed E-state index contributed by atoms with van der Waals surface area (Å²) in [5.74, 6) is -0.389. The van der Waals surface area contributed by atoms with Gasteiger partial charge in [0.1, 0.15) is 13.2 Å². The number of hydrogen-bond donors (Lipinski definition) is 0. The first-order chi connectivity index (χ1) is 15.9. The van der Waals surface area contributed by atoms with Crippen LogP contribution in [0.4, 0.5) is 4.79 Å². The number of nitriles is 1. The molecule has 8 nitrogen and oxygen atoms in total. The third kappa shape index (κ3) is 5.74. The van der Waals surface area contributed by atoms with Gasteiger partial charge in [-0.25, -0.2) is 0 Å². The number of ether oxygens (including phenoxy) is 3. The molecule has 0 atom stereocenters. The van der Waals surface area contributed by atoms with Gasteiger partial charge in [-0.1, -0.05) is 18.2 Å². The number of thioether (sulfide) groups is 1. The van der Waals surface area contributed by atoms with E-state index in [0.29, 0.717) is 27.1 Å². The average Bonchev–Trinajstić information content (AvgIpc) is 3.05. The highest BCUT2D eigenvalue weighted by molar-refractivity contribution is 9.10. The molecule has 2 aromatic carbocycles. The predicted octanol–water partition coefficient (Wildman–Crippen LogP) is 4.51. The Morgan fingerprint density at radius 2 is 2.03 bits per heavy atom. The molecule has 0 aromatic heterocycles. The van der Waals surface area contributed by atoms with Gasteiger partial charge in [0.25, 0.3) is 11.1 Å². The van der Waals surface area contributed by atoms with E-state index < -0.39 is 23.7 Å². The summed E-state index contributed by atoms with van der Waals surface area (Å²) in [6, 6.07) is 12.6. The third-order valence-electron chi connectivity index (χ3n) is 4.53. The first kappa shape index (κ1) is 24.4. The summed E-state index contributed by atoms with van der Waals surface area (Å²) in [5, 5.41) is 8.71. The van der Waals surface area contributed by atoms with Gasteiger partial charge in [0.05, 0.1) is 34.7 Å². The van der Waals surface area contributed by atoms with E-state index in [1.165, 1.54) is 13.2 Å². The highest BCUT2D eigenvalue weighted by Crippen LogP contribution is 2.39. The van der Waals surface area contributed by atoms with Crippen LogP contribution in [0.1, 0.15) is 23.6 Å². The van der Waals surface area contributed by atoms with Crippen molar-refractivity contribution in [1.29, 1.82) is 5.26 Å². The summed E-state index contributed by atoms with van der Waals surface area (Å²) in [7, 11) is 1.48. The molecule has 1 aliphatic heterocycles. The molecule has 2 amide bonds. The molecule has 10 heteroatoms. The topological polar surface area (TPSA) is 106 Å². The van der Waals surface area contributed by atoms with E-state index >= 15 is 0 Å². The van der Waals surface area contributed by atoms with Crippen LogP contribution in [0.5, 0.6) is 11.5 Å². The van der Waals surface area contributed by atoms with Crippen LogP contribution in [0.25, 0.3) is 6.08 Å². The number of nitrogens with zero attached hydrogens (tertiary/aromatic N) is 2. The molecule has 0 radical (unpaired) electrons. The minimum atomic E-state index is -0.648. The van der Waals surface area contributed by atoms with Crippen LogP contribution in [0.15, 0.2) is 45.8 Å². The van der Waals surface area contributed by atoms with Gasteiger partial charge in [0.15, 0.2) is 11.5 Å². The van der Waals surface area contributed by atoms with Crippen LogP contribution in [-0.4, -0.2) is 42.3 Å². The van der Waals surface area contributed by atoms with E-state index in [9.17, 15) is 19.6 Å². The zero-order valence-electron chi connectivity index (χ0n) is 17.8. The van der Waals surface area contributed by atoms with Gasteiger partial charge in [0.2, 0.25) is 0 Å². The number of halogens is 1. The van der Waals surface area contributed by atoms with Gasteiger partial charge >= 0.3 is 5.97 Å². The number of benzene rings is 2. The SMILES string of the molecule is CCOC(=O)CN1C(=O)S/C(=C/c2cc(Br)c(OCc3ccccc3C#N)c(OC)c2)C1=O. The number of carbonyl (C=O) groups is 3. The monoisotopic (exact) mass is 530 g/mol. The summed E-state index contributed by atoms with van der Waals surface area (Å²) >= 11 is 4.20. The Kier molecular flexibility index (Phi) is 8.14. The highest BCUT2D eigenvalue weighted by Gasteiger charge is 2.36. The molecule has 1 fully saturated rings. The van der Waals surface area contributed by atoms with Crippen LogP contribution in [-0.2, 0) is 20.9 Å². The zero-order valence-corrected chi connectivity index (χ0v) is 20.2. The maximum atomic E-state index is 12.6. The van der Waals surface area contributed by atoms with Crippen molar-refractivity contribution < 1.29 is 28.6 Å². The number of carbonyl (C=O) groups excluding carboxylic acids is 3. The van der Waals surface area contributed by atoms with E-state index in [-0.39, 0.29) is 18.1 Å². The van der Waals surface area contributed by atoms with Crippen LogP contribution < -0.4 is 9.47 Å². The Bertz CT molecular complexity index is 1170. The van der Waals surface area contributed by atoms with Gasteiger partial charge in [-0.15, -0.1) is 0 Å². The quantitative estimate of drug-likeness (QED) is 0.362. The molecule has 3 rings (SSSR count). The molecule has 0 bridgehead atoms. The van der Waals surface area contributed by atoms with E-state index in [4.69, 9.17) is 14.2 Å². The number of methoxy groups -OCH3 is 1. The molecular weight excluding hydrogens is 512 g/mol. The molecule has 1 heterocycles. The number of rotatable bonds is 8. The fourth-order valence-corrected chi connectivity index (χ4v) is 4.40. The first-order valence-corrected chi connectivity index (χ1v) is 11.4. The molecule has 170 valence electrons. The Morgan fingerprint density at radius 3 is 2.73 bits per heavy atom. The molecule has 0 aliphatic carbocycles. The van der Waals surface area contributed by atoms with Crippen LogP contribution in [0, 0.1) is 11.3 Å². The molecule has 1 saturated heterocycles. The van der Waals surface area contributed by atoms with Gasteiger partial charge in [0, 0.05) is 5.56 Å². The second-order valence-electron chi connectivity index (χ2n) is 6.66. The fourth-order valence-electron chi connectivity index (χ4n) is 2.99. The van der Waals surface area contributed by atoms with E-state index in [1.54, 1.807) is 37.3 Å². The molecule has 0 N–H and O–H groups in total. The lowest BCUT2D eigenvalue weighted by Crippen LogP contribution is -2.34. The second kappa shape index (κ2) is 11.0. The maximum absolute atomic E-state index is 12.6. The molecule has 0 spiro atoms. The first-order valence-electron chi connectivity index (χ1n) is 9.77. The Balaban J connectivity index is 1.81. The maximum Gasteiger partial charge on any atom is 0.326 e. The van der Waals surface area contributed by atoms with Crippen molar-refractivity contribution in [1.82, 2.24) is 4.90 Å². The normalized spacial score (nSPS) is 14.4. The third-order valence-corrected chi connectivity index (χ3v) is 6.02. The minimum absolute atomic E-state index is 0.158. The summed E-state index contributed by atoms with van der Waals surface area (Å²) < 4.78 is 16.7. The van der Waals surface area contributed by atoms with Crippen molar-refractivity contribution >= 4 is 50.9 Å². The fraction of sp³-hybridized carbons (Fsp3) is 0.217. The van der Waals surface area contributed by atoms with Crippen molar-refractivity contribution in [3.05, 3.63) is 62.5 Å². The van der Waals surface area contributed by atoms with Crippen molar-refractivity contribution in [3.8, 4) is 17.6 Å². The molecular formula is C23H19BrN2O6S. The predicted molar refractivity (Wildman–Crippen MR) is 125 cm³/mol. The molecule has 33 heavy (non-hydrogen) atoms. The van der Waals surface area contributed by atoms with Crippen molar-refractivity contribution in [3.63, 3.8) is 0 Å². The van der Waals surface area contributed by atoms with Crippen molar-refractivity contribution in [2.75, 3.05) is 20.3 Å². The van der Waals surface area contributed by atoms with E-state index in [0.717, 1.165) is 22.2 Å². The lowest BCUT2D eigenvalue weighted by Gasteiger charge is -2.14. The number of amides is 2. The molecule has 0 unspecified atom stereocenters. The Morgan fingerprint density at radius 1 is 1.27 bits per heavy atom. The van der Waals surface area contributed by atoms with E-state index in [2.05, 4.69) is 22.0 Å². The van der Waals surface area contributed by atoms with Gasteiger partial charge in [-0.05, 0) is 64.5 Å². The summed E-state index contributed by atoms with van der Waals surface area (Å²) in [6.07, 6.45) is 1.54. The largest absolute Gasteiger partial charge is 0.493 e. The Labute approximate surface area is 203 Å². The highest BCUT2D eigenvalue weighted by atomic mass is 79.9. The molecule has 2 aromatic rings. The smallest absolute Gasteiger partial charge is 0.326 e. The standard InChI is InChI=1S/C23H19BrN2O6S/c1-3-31-20(27)12-26-22(28)19(33-23(26)29)10-14-8-17(24)21(18(9-14)30-2)32-13-16-7-5-4-6-15(16)11-25/h4-10H,3,12-13H2,1-2H3/b19-10+. The summed E-state index contributed by atoms with van der Waals surface area (Å²) in [6.45, 7) is 1.53.